The van der Waals surface area contributed by atoms with E-state index in [9.17, 15) is 0 Å². The summed E-state index contributed by atoms with van der Waals surface area (Å²) in [5.41, 5.74) is 0.994. The van der Waals surface area contributed by atoms with Gasteiger partial charge in [-0.15, -0.1) is 5.10 Å². The minimum atomic E-state index is 0.270. The number of nitrogens with zero attached hydrogens (tertiary/aromatic N) is 3. The number of aromatic nitrogens is 2. The van der Waals surface area contributed by atoms with Gasteiger partial charge in [-0.05, 0) is 32.0 Å². The number of ether oxygens (including phenoxy) is 1. The number of rotatable bonds is 5. The van der Waals surface area contributed by atoms with Crippen molar-refractivity contribution in [3.8, 4) is 0 Å². The van der Waals surface area contributed by atoms with Crippen molar-refractivity contribution in [1.82, 2.24) is 15.5 Å². The highest BCUT2D eigenvalue weighted by Crippen LogP contribution is 2.14. The van der Waals surface area contributed by atoms with Crippen molar-refractivity contribution in [3.05, 3.63) is 17.8 Å². The number of hydrogen-bond acceptors (Lipinski definition) is 5. The molecule has 0 spiro atoms. The van der Waals surface area contributed by atoms with Crippen molar-refractivity contribution in [3.63, 3.8) is 0 Å². The maximum atomic E-state index is 5.52. The largest absolute Gasteiger partial charge is 0.375 e. The Balaban J connectivity index is 1.90. The molecule has 0 saturated carbocycles. The lowest BCUT2D eigenvalue weighted by atomic mass is 10.3. The molecule has 1 atom stereocenters. The summed E-state index contributed by atoms with van der Waals surface area (Å²) in [4.78, 5) is 2.23. The topological polar surface area (TPSA) is 50.3 Å². The molecule has 1 saturated heterocycles. The average Bonchev–Trinajstić information content (AvgIpc) is 2.40. The molecule has 1 aliphatic heterocycles. The zero-order chi connectivity index (χ0) is 12.8. The third-order valence-corrected chi connectivity index (χ3v) is 3.00. The van der Waals surface area contributed by atoms with Crippen LogP contribution in [0.4, 0.5) is 5.82 Å². The molecule has 1 unspecified atom stereocenters. The molecule has 100 valence electrons. The van der Waals surface area contributed by atoms with Crippen molar-refractivity contribution in [1.29, 1.82) is 0 Å². The number of nitrogens with one attached hydrogen (secondary N) is 1. The van der Waals surface area contributed by atoms with Crippen LogP contribution in [0.1, 0.15) is 26.0 Å². The van der Waals surface area contributed by atoms with E-state index in [0.29, 0.717) is 0 Å². The molecule has 0 bridgehead atoms. The van der Waals surface area contributed by atoms with Crippen LogP contribution in [0.2, 0.25) is 0 Å². The lowest BCUT2D eigenvalue weighted by molar-refractivity contribution is 0.0529. The Hall–Kier alpha value is -1.20. The summed E-state index contributed by atoms with van der Waals surface area (Å²) in [6.45, 7) is 8.60. The molecule has 1 fully saturated rings. The molecule has 0 amide bonds. The first-order chi connectivity index (χ1) is 8.79. The number of hydrogen-bond donors (Lipinski definition) is 1. The summed E-state index contributed by atoms with van der Waals surface area (Å²) in [5, 5.41) is 11.9. The van der Waals surface area contributed by atoms with E-state index < -0.39 is 0 Å². The Morgan fingerprint density at radius 1 is 1.44 bits per heavy atom. The second kappa shape index (κ2) is 6.66. The second-order valence-electron chi connectivity index (χ2n) is 4.69. The van der Waals surface area contributed by atoms with Gasteiger partial charge in [-0.25, -0.2) is 0 Å². The molecule has 5 nitrogen and oxygen atoms in total. The Labute approximate surface area is 109 Å². The van der Waals surface area contributed by atoms with Gasteiger partial charge >= 0.3 is 0 Å². The van der Waals surface area contributed by atoms with E-state index in [1.165, 1.54) is 0 Å². The summed E-state index contributed by atoms with van der Waals surface area (Å²) in [6.07, 6.45) is 1.41. The fraction of sp³-hybridized carbons (Fsp3) is 0.692. The third kappa shape index (κ3) is 3.65. The fourth-order valence-corrected chi connectivity index (χ4v) is 2.04. The van der Waals surface area contributed by atoms with Gasteiger partial charge in [-0.3, -0.25) is 0 Å². The summed E-state index contributed by atoms with van der Waals surface area (Å²) < 4.78 is 5.52. The highest BCUT2D eigenvalue weighted by molar-refractivity contribution is 5.37. The van der Waals surface area contributed by atoms with Crippen LogP contribution in [0.15, 0.2) is 12.1 Å². The van der Waals surface area contributed by atoms with Crippen molar-refractivity contribution in [2.45, 2.75) is 32.9 Å². The predicted molar refractivity (Wildman–Crippen MR) is 71.7 cm³/mol. The molecule has 1 N–H and O–H groups in total. The summed E-state index contributed by atoms with van der Waals surface area (Å²) in [6, 6.07) is 4.10. The van der Waals surface area contributed by atoms with Gasteiger partial charge in [0.05, 0.1) is 18.4 Å². The second-order valence-corrected chi connectivity index (χ2v) is 4.69. The predicted octanol–water partition coefficient (Wildman–Crippen LogP) is 1.20. The van der Waals surface area contributed by atoms with Crippen LogP contribution in [0.25, 0.3) is 0 Å². The van der Waals surface area contributed by atoms with Gasteiger partial charge in [0.25, 0.3) is 0 Å². The van der Waals surface area contributed by atoms with Gasteiger partial charge in [0, 0.05) is 19.6 Å². The summed E-state index contributed by atoms with van der Waals surface area (Å²) >= 11 is 0. The molecule has 2 heterocycles. The lowest BCUT2D eigenvalue weighted by Gasteiger charge is -2.31. The zero-order valence-corrected chi connectivity index (χ0v) is 11.2. The van der Waals surface area contributed by atoms with E-state index >= 15 is 0 Å². The highest BCUT2D eigenvalue weighted by Gasteiger charge is 2.17. The van der Waals surface area contributed by atoms with Crippen molar-refractivity contribution >= 4 is 5.82 Å². The van der Waals surface area contributed by atoms with Crippen LogP contribution < -0.4 is 10.2 Å². The monoisotopic (exact) mass is 250 g/mol. The zero-order valence-electron chi connectivity index (χ0n) is 11.2. The third-order valence-electron chi connectivity index (χ3n) is 3.00. The van der Waals surface area contributed by atoms with Crippen LogP contribution in [0.5, 0.6) is 0 Å². The Morgan fingerprint density at radius 2 is 2.33 bits per heavy atom. The first-order valence-corrected chi connectivity index (χ1v) is 6.69. The molecule has 0 aliphatic carbocycles. The van der Waals surface area contributed by atoms with E-state index in [1.54, 1.807) is 0 Å². The maximum Gasteiger partial charge on any atom is 0.151 e. The molecule has 5 heteroatoms. The molecular weight excluding hydrogens is 228 g/mol. The molecule has 2 rings (SSSR count). The van der Waals surface area contributed by atoms with Gasteiger partial charge in [-0.1, -0.05) is 6.92 Å². The molecule has 1 aliphatic rings. The Morgan fingerprint density at radius 3 is 3.00 bits per heavy atom. The lowest BCUT2D eigenvalue weighted by Crippen LogP contribution is -2.41. The quantitative estimate of drug-likeness (QED) is 0.796. The normalized spacial score (nSPS) is 20.1. The van der Waals surface area contributed by atoms with Gasteiger partial charge < -0.3 is 15.0 Å². The van der Waals surface area contributed by atoms with E-state index in [2.05, 4.69) is 34.3 Å². The summed E-state index contributed by atoms with van der Waals surface area (Å²) in [7, 11) is 0. The molecule has 1 aromatic rings. The fourth-order valence-electron chi connectivity index (χ4n) is 2.04. The van der Waals surface area contributed by atoms with Crippen LogP contribution in [0, 0.1) is 0 Å². The standard InChI is InChI=1S/C13H22N4O/c1-3-6-14-9-12-4-5-13(16-15-12)17-7-8-18-11(2)10-17/h4-5,11,14H,3,6-10H2,1-2H3. The van der Waals surface area contributed by atoms with Crippen LogP contribution in [0.3, 0.4) is 0 Å². The number of anilines is 1. The molecule has 1 aromatic heterocycles. The average molecular weight is 250 g/mol. The van der Waals surface area contributed by atoms with Crippen LogP contribution >= 0.6 is 0 Å². The Kier molecular flexibility index (Phi) is 4.90. The maximum absolute atomic E-state index is 5.52. The van der Waals surface area contributed by atoms with Crippen molar-refractivity contribution in [2.24, 2.45) is 0 Å². The first kappa shape index (κ1) is 13.2. The van der Waals surface area contributed by atoms with Gasteiger partial charge in [0.15, 0.2) is 5.82 Å². The Bertz CT molecular complexity index is 355. The highest BCUT2D eigenvalue weighted by atomic mass is 16.5. The smallest absolute Gasteiger partial charge is 0.151 e. The SMILES string of the molecule is CCCNCc1ccc(N2CCOC(C)C2)nn1. The first-order valence-electron chi connectivity index (χ1n) is 6.69. The molecule has 18 heavy (non-hydrogen) atoms. The molecule has 0 radical (unpaired) electrons. The minimum absolute atomic E-state index is 0.270. The van der Waals surface area contributed by atoms with E-state index in [-0.39, 0.29) is 6.10 Å². The van der Waals surface area contributed by atoms with Crippen LogP contribution in [-0.2, 0) is 11.3 Å². The molecule has 0 aromatic carbocycles. The van der Waals surface area contributed by atoms with Crippen molar-refractivity contribution < 1.29 is 4.74 Å². The van der Waals surface area contributed by atoms with E-state index in [0.717, 1.165) is 50.7 Å². The molecular formula is C13H22N4O. The van der Waals surface area contributed by atoms with Crippen molar-refractivity contribution in [2.75, 3.05) is 31.1 Å². The number of morpholine rings is 1. The van der Waals surface area contributed by atoms with Gasteiger partial charge in [-0.2, -0.15) is 5.10 Å². The van der Waals surface area contributed by atoms with Crippen LogP contribution in [-0.4, -0.2) is 42.5 Å². The minimum Gasteiger partial charge on any atom is -0.375 e. The summed E-state index contributed by atoms with van der Waals surface area (Å²) in [5.74, 6) is 0.949. The van der Waals surface area contributed by atoms with Gasteiger partial charge in [0.1, 0.15) is 0 Å². The van der Waals surface area contributed by atoms with E-state index in [1.807, 2.05) is 12.1 Å². The van der Waals surface area contributed by atoms with Gasteiger partial charge in [0.2, 0.25) is 0 Å². The van der Waals surface area contributed by atoms with E-state index in [4.69, 9.17) is 4.74 Å².